The highest BCUT2D eigenvalue weighted by atomic mass is 35.5. The molecule has 0 aliphatic heterocycles. The van der Waals surface area contributed by atoms with Gasteiger partial charge in [0.05, 0.1) is 7.11 Å². The molecular weight excluding hydrogens is 286 g/mol. The molecule has 0 amide bonds. The van der Waals surface area contributed by atoms with Gasteiger partial charge in [-0.05, 0) is 42.5 Å². The molecule has 110 valence electrons. The molecule has 0 radical (unpaired) electrons. The third kappa shape index (κ3) is 4.43. The Morgan fingerprint density at radius 1 is 1.19 bits per heavy atom. The Labute approximate surface area is 130 Å². The minimum Gasteiger partial charge on any atom is -0.497 e. The number of nitrogens with one attached hydrogen (secondary N) is 1. The summed E-state index contributed by atoms with van der Waals surface area (Å²) in [5.74, 6) is 1.64. The lowest BCUT2D eigenvalue weighted by Gasteiger charge is -2.12. The molecule has 0 fully saturated rings. The van der Waals surface area contributed by atoms with Gasteiger partial charge < -0.3 is 14.8 Å². The zero-order valence-electron chi connectivity index (χ0n) is 11.9. The Hall–Kier alpha value is -2.13. The van der Waals surface area contributed by atoms with Crippen molar-refractivity contribution in [1.82, 2.24) is 0 Å². The molecule has 4 heteroatoms. The maximum absolute atomic E-state index is 6.05. The third-order valence-corrected chi connectivity index (χ3v) is 3.19. The van der Waals surface area contributed by atoms with Gasteiger partial charge >= 0.3 is 0 Å². The van der Waals surface area contributed by atoms with E-state index in [1.165, 1.54) is 0 Å². The van der Waals surface area contributed by atoms with Crippen LogP contribution in [0.3, 0.4) is 0 Å². The van der Waals surface area contributed by atoms with Crippen LogP contribution in [0.2, 0.25) is 5.02 Å². The fourth-order valence-corrected chi connectivity index (χ4v) is 2.08. The summed E-state index contributed by atoms with van der Waals surface area (Å²) in [5, 5.41) is 4.02. The normalized spacial score (nSPS) is 10.0. The van der Waals surface area contributed by atoms with E-state index in [9.17, 15) is 0 Å². The molecule has 2 rings (SSSR count). The second-order valence-electron chi connectivity index (χ2n) is 4.43. The smallest absolute Gasteiger partial charge is 0.124 e. The van der Waals surface area contributed by atoms with Crippen molar-refractivity contribution in [3.63, 3.8) is 0 Å². The SMILES string of the molecule is C=CCOc1ccc(Cl)cc1CNc1ccc(OC)cc1. The van der Waals surface area contributed by atoms with Crippen LogP contribution in [-0.2, 0) is 6.54 Å². The summed E-state index contributed by atoms with van der Waals surface area (Å²) in [6.45, 7) is 4.75. The number of hydrogen-bond donors (Lipinski definition) is 1. The van der Waals surface area contributed by atoms with Crippen LogP contribution >= 0.6 is 11.6 Å². The molecule has 1 N–H and O–H groups in total. The molecule has 0 bridgehead atoms. The van der Waals surface area contributed by atoms with E-state index in [-0.39, 0.29) is 0 Å². The fourth-order valence-electron chi connectivity index (χ4n) is 1.88. The Bertz CT molecular complexity index is 596. The van der Waals surface area contributed by atoms with Gasteiger partial charge in [-0.2, -0.15) is 0 Å². The van der Waals surface area contributed by atoms with E-state index < -0.39 is 0 Å². The third-order valence-electron chi connectivity index (χ3n) is 2.95. The lowest BCUT2D eigenvalue weighted by Crippen LogP contribution is -2.03. The number of halogens is 1. The number of benzene rings is 2. The predicted molar refractivity (Wildman–Crippen MR) is 87.5 cm³/mol. The van der Waals surface area contributed by atoms with Crippen LogP contribution in [-0.4, -0.2) is 13.7 Å². The average Bonchev–Trinajstić information content (AvgIpc) is 2.52. The van der Waals surface area contributed by atoms with Crippen molar-refractivity contribution in [2.24, 2.45) is 0 Å². The molecule has 0 aliphatic carbocycles. The number of methoxy groups -OCH3 is 1. The van der Waals surface area contributed by atoms with Crippen molar-refractivity contribution in [1.29, 1.82) is 0 Å². The first-order valence-electron chi connectivity index (χ1n) is 6.63. The highest BCUT2D eigenvalue weighted by Crippen LogP contribution is 2.24. The van der Waals surface area contributed by atoms with Crippen molar-refractivity contribution >= 4 is 17.3 Å². The van der Waals surface area contributed by atoms with Crippen molar-refractivity contribution < 1.29 is 9.47 Å². The van der Waals surface area contributed by atoms with E-state index in [0.29, 0.717) is 18.2 Å². The van der Waals surface area contributed by atoms with Crippen LogP contribution in [0.4, 0.5) is 5.69 Å². The Morgan fingerprint density at radius 2 is 1.95 bits per heavy atom. The van der Waals surface area contributed by atoms with Gasteiger partial charge in [0, 0.05) is 22.8 Å². The van der Waals surface area contributed by atoms with Crippen LogP contribution in [0.25, 0.3) is 0 Å². The number of hydrogen-bond acceptors (Lipinski definition) is 3. The monoisotopic (exact) mass is 303 g/mol. The molecule has 0 saturated heterocycles. The Kier molecular flexibility index (Phi) is 5.52. The summed E-state index contributed by atoms with van der Waals surface area (Å²) in [6, 6.07) is 13.3. The van der Waals surface area contributed by atoms with Gasteiger partial charge in [-0.15, -0.1) is 0 Å². The highest BCUT2D eigenvalue weighted by molar-refractivity contribution is 6.30. The zero-order valence-corrected chi connectivity index (χ0v) is 12.7. The molecule has 0 spiro atoms. The summed E-state index contributed by atoms with van der Waals surface area (Å²) < 4.78 is 10.8. The first kappa shape index (κ1) is 15.3. The van der Waals surface area contributed by atoms with Crippen molar-refractivity contribution in [2.75, 3.05) is 19.0 Å². The summed E-state index contributed by atoms with van der Waals surface area (Å²) >= 11 is 6.05. The molecule has 21 heavy (non-hydrogen) atoms. The molecule has 0 saturated carbocycles. The molecule has 0 atom stereocenters. The van der Waals surface area contributed by atoms with Gasteiger partial charge in [0.25, 0.3) is 0 Å². The fraction of sp³-hybridized carbons (Fsp3) is 0.176. The van der Waals surface area contributed by atoms with Gasteiger partial charge in [-0.3, -0.25) is 0 Å². The van der Waals surface area contributed by atoms with E-state index in [4.69, 9.17) is 21.1 Å². The second kappa shape index (κ2) is 7.60. The van der Waals surface area contributed by atoms with Gasteiger partial charge in [0.2, 0.25) is 0 Å². The van der Waals surface area contributed by atoms with Crippen LogP contribution < -0.4 is 14.8 Å². The maximum Gasteiger partial charge on any atom is 0.124 e. The van der Waals surface area contributed by atoms with Crippen LogP contribution in [0, 0.1) is 0 Å². The van der Waals surface area contributed by atoms with Gasteiger partial charge in [-0.1, -0.05) is 24.3 Å². The Balaban J connectivity index is 2.06. The van der Waals surface area contributed by atoms with Gasteiger partial charge in [0.15, 0.2) is 0 Å². The molecule has 0 aromatic heterocycles. The lowest BCUT2D eigenvalue weighted by molar-refractivity contribution is 0.359. The molecule has 0 unspecified atom stereocenters. The maximum atomic E-state index is 6.05. The number of anilines is 1. The summed E-state index contributed by atoms with van der Waals surface area (Å²) in [5.41, 5.74) is 2.01. The highest BCUT2D eigenvalue weighted by Gasteiger charge is 2.05. The first-order chi connectivity index (χ1) is 10.2. The predicted octanol–water partition coefficient (Wildman–Crippen LogP) is 4.53. The van der Waals surface area contributed by atoms with E-state index in [1.54, 1.807) is 13.2 Å². The van der Waals surface area contributed by atoms with Crippen molar-refractivity contribution in [3.8, 4) is 11.5 Å². The molecular formula is C17H18ClNO2. The van der Waals surface area contributed by atoms with Crippen LogP contribution in [0.5, 0.6) is 11.5 Å². The molecule has 0 heterocycles. The zero-order chi connectivity index (χ0) is 15.1. The van der Waals surface area contributed by atoms with E-state index in [1.807, 2.05) is 42.5 Å². The quantitative estimate of drug-likeness (QED) is 0.763. The summed E-state index contributed by atoms with van der Waals surface area (Å²) in [7, 11) is 1.65. The average molecular weight is 304 g/mol. The molecule has 0 aliphatic rings. The van der Waals surface area contributed by atoms with Crippen molar-refractivity contribution in [2.45, 2.75) is 6.54 Å². The topological polar surface area (TPSA) is 30.5 Å². The van der Waals surface area contributed by atoms with E-state index in [0.717, 1.165) is 22.7 Å². The molecule has 2 aromatic rings. The van der Waals surface area contributed by atoms with E-state index >= 15 is 0 Å². The number of rotatable bonds is 7. The van der Waals surface area contributed by atoms with Crippen LogP contribution in [0.1, 0.15) is 5.56 Å². The first-order valence-corrected chi connectivity index (χ1v) is 7.01. The molecule has 2 aromatic carbocycles. The van der Waals surface area contributed by atoms with Gasteiger partial charge in [-0.25, -0.2) is 0 Å². The largest absolute Gasteiger partial charge is 0.497 e. The molecule has 3 nitrogen and oxygen atoms in total. The minimum atomic E-state index is 0.469. The van der Waals surface area contributed by atoms with Crippen LogP contribution in [0.15, 0.2) is 55.1 Å². The van der Waals surface area contributed by atoms with Gasteiger partial charge in [0.1, 0.15) is 18.1 Å². The number of ether oxygens (including phenoxy) is 2. The van der Waals surface area contributed by atoms with E-state index in [2.05, 4.69) is 11.9 Å². The minimum absolute atomic E-state index is 0.469. The summed E-state index contributed by atoms with van der Waals surface area (Å²) in [4.78, 5) is 0. The Morgan fingerprint density at radius 3 is 2.62 bits per heavy atom. The second-order valence-corrected chi connectivity index (χ2v) is 4.87. The summed E-state index contributed by atoms with van der Waals surface area (Å²) in [6.07, 6.45) is 1.72. The standard InChI is InChI=1S/C17H18ClNO2/c1-3-10-21-17-9-4-14(18)11-13(17)12-19-15-5-7-16(20-2)8-6-15/h3-9,11,19H,1,10,12H2,2H3. The lowest BCUT2D eigenvalue weighted by atomic mass is 10.2. The van der Waals surface area contributed by atoms with Crippen molar-refractivity contribution in [3.05, 3.63) is 65.7 Å².